The number of rotatable bonds is 4. The minimum absolute atomic E-state index is 0.0984. The van der Waals surface area contributed by atoms with Crippen LogP contribution in [0.4, 0.5) is 19.0 Å². The van der Waals surface area contributed by atoms with E-state index in [-0.39, 0.29) is 24.1 Å². The van der Waals surface area contributed by atoms with Crippen molar-refractivity contribution in [1.82, 2.24) is 19.7 Å². The highest BCUT2D eigenvalue weighted by molar-refractivity contribution is 5.96. The summed E-state index contributed by atoms with van der Waals surface area (Å²) in [5.41, 5.74) is 0.918. The zero-order valence-electron chi connectivity index (χ0n) is 17.5. The van der Waals surface area contributed by atoms with Crippen molar-refractivity contribution < 1.29 is 22.7 Å². The van der Waals surface area contributed by atoms with Crippen LogP contribution < -0.4 is 10.1 Å². The molecule has 1 fully saturated rings. The van der Waals surface area contributed by atoms with Crippen LogP contribution in [0.3, 0.4) is 0 Å². The highest BCUT2D eigenvalue weighted by Crippen LogP contribution is 2.42. The fourth-order valence-electron chi connectivity index (χ4n) is 4.53. The second-order valence-electron chi connectivity index (χ2n) is 8.10. The minimum atomic E-state index is -4.39. The molecule has 1 N–H and O–H groups in total. The van der Waals surface area contributed by atoms with Crippen LogP contribution in [0.2, 0.25) is 0 Å². The lowest BCUT2D eigenvalue weighted by molar-refractivity contribution is -0.174. The van der Waals surface area contributed by atoms with Crippen LogP contribution in [-0.2, 0) is 0 Å². The van der Waals surface area contributed by atoms with Crippen molar-refractivity contribution in [3.05, 3.63) is 35.7 Å². The molecule has 1 saturated heterocycles. The molecule has 10 heteroatoms. The number of alkyl halides is 3. The predicted molar refractivity (Wildman–Crippen MR) is 108 cm³/mol. The number of amides is 1. The number of aryl methyl sites for hydroxylation is 1. The van der Waals surface area contributed by atoms with E-state index in [0.717, 1.165) is 17.5 Å². The van der Waals surface area contributed by atoms with Gasteiger partial charge in [-0.05, 0) is 51.2 Å². The first-order valence-electron chi connectivity index (χ1n) is 10.5. The molecule has 0 bridgehead atoms. The summed E-state index contributed by atoms with van der Waals surface area (Å²) in [4.78, 5) is 19.0. The fraction of sp³-hybridized carbons (Fsp3) is 0.571. The van der Waals surface area contributed by atoms with E-state index in [4.69, 9.17) is 4.74 Å². The number of ether oxygens (including phenoxy) is 1. The van der Waals surface area contributed by atoms with Crippen LogP contribution in [0, 0.1) is 12.8 Å². The summed E-state index contributed by atoms with van der Waals surface area (Å²) in [6.45, 7) is 4.83. The lowest BCUT2D eigenvalue weighted by Crippen LogP contribution is -2.49. The lowest BCUT2D eigenvalue weighted by atomic mass is 9.85. The van der Waals surface area contributed by atoms with Gasteiger partial charge in [-0.25, -0.2) is 9.67 Å². The first-order valence-corrected chi connectivity index (χ1v) is 10.5. The van der Waals surface area contributed by atoms with Crippen LogP contribution in [0.5, 0.6) is 5.88 Å². The van der Waals surface area contributed by atoms with Gasteiger partial charge in [0.05, 0.1) is 12.3 Å². The van der Waals surface area contributed by atoms with E-state index in [0.29, 0.717) is 36.8 Å². The standard InChI is InChI=1S/C21H26F3N5O2/c1-3-31-19-15(7-4-8-25-19)20(30)28-9-5-6-14(12-28)16-11-17(21(22,23)24)29-18(26-16)10-13(2)27-29/h4,7-8,10,14,16-17,26H,3,5-6,9,11-12H2,1-2H3/t14-,16-,17+/m0/s1. The maximum absolute atomic E-state index is 13.7. The molecule has 0 unspecified atom stereocenters. The number of carbonyl (C=O) groups is 1. The van der Waals surface area contributed by atoms with Gasteiger partial charge >= 0.3 is 6.18 Å². The molecule has 0 saturated carbocycles. The van der Waals surface area contributed by atoms with Crippen LogP contribution in [0.1, 0.15) is 48.3 Å². The Bertz CT molecular complexity index is 945. The number of anilines is 1. The molecule has 0 spiro atoms. The van der Waals surface area contributed by atoms with Gasteiger partial charge in [0.15, 0.2) is 6.04 Å². The Morgan fingerprint density at radius 2 is 2.19 bits per heavy atom. The van der Waals surface area contributed by atoms with Crippen molar-refractivity contribution in [3.8, 4) is 5.88 Å². The molecule has 168 valence electrons. The van der Waals surface area contributed by atoms with Gasteiger partial charge in [0.25, 0.3) is 5.91 Å². The normalized spacial score (nSPS) is 23.8. The molecule has 2 aromatic rings. The molecule has 31 heavy (non-hydrogen) atoms. The molecular weight excluding hydrogens is 411 g/mol. The Labute approximate surface area is 178 Å². The summed E-state index contributed by atoms with van der Waals surface area (Å²) < 4.78 is 47.7. The van der Waals surface area contributed by atoms with Gasteiger partial charge in [-0.1, -0.05) is 0 Å². The third-order valence-corrected chi connectivity index (χ3v) is 5.94. The quantitative estimate of drug-likeness (QED) is 0.787. The number of carbonyl (C=O) groups excluding carboxylic acids is 1. The molecule has 7 nitrogen and oxygen atoms in total. The highest BCUT2D eigenvalue weighted by Gasteiger charge is 2.48. The molecule has 4 heterocycles. The summed E-state index contributed by atoms with van der Waals surface area (Å²) >= 11 is 0. The van der Waals surface area contributed by atoms with Crippen molar-refractivity contribution in [2.45, 2.75) is 51.4 Å². The van der Waals surface area contributed by atoms with Gasteiger partial charge in [0, 0.05) is 31.4 Å². The molecule has 0 radical (unpaired) electrons. The summed E-state index contributed by atoms with van der Waals surface area (Å²) in [6.07, 6.45) is -1.45. The zero-order valence-corrected chi connectivity index (χ0v) is 17.5. The van der Waals surface area contributed by atoms with Gasteiger partial charge in [-0.15, -0.1) is 0 Å². The number of nitrogens with zero attached hydrogens (tertiary/aromatic N) is 4. The Balaban J connectivity index is 1.53. The summed E-state index contributed by atoms with van der Waals surface area (Å²) in [7, 11) is 0. The third kappa shape index (κ3) is 4.33. The number of aromatic nitrogens is 3. The first-order chi connectivity index (χ1) is 14.8. The van der Waals surface area contributed by atoms with Crippen molar-refractivity contribution in [2.75, 3.05) is 25.0 Å². The molecule has 2 aromatic heterocycles. The van der Waals surface area contributed by atoms with Gasteiger partial charge in [0.1, 0.15) is 11.4 Å². The van der Waals surface area contributed by atoms with Crippen LogP contribution in [0.15, 0.2) is 24.4 Å². The molecular formula is C21H26F3N5O2. The Kier molecular flexibility index (Phi) is 5.81. The van der Waals surface area contributed by atoms with E-state index in [1.165, 1.54) is 0 Å². The smallest absolute Gasteiger partial charge is 0.410 e. The van der Waals surface area contributed by atoms with Crippen molar-refractivity contribution in [1.29, 1.82) is 0 Å². The van der Waals surface area contributed by atoms with Gasteiger partial charge < -0.3 is 15.0 Å². The van der Waals surface area contributed by atoms with Crippen LogP contribution in [-0.4, -0.2) is 57.5 Å². The number of halogens is 3. The van der Waals surface area contributed by atoms with Crippen LogP contribution >= 0.6 is 0 Å². The van der Waals surface area contributed by atoms with Crippen molar-refractivity contribution in [2.24, 2.45) is 5.92 Å². The average Bonchev–Trinajstić information content (AvgIpc) is 3.12. The monoisotopic (exact) mass is 437 g/mol. The maximum atomic E-state index is 13.7. The van der Waals surface area contributed by atoms with Crippen LogP contribution in [0.25, 0.3) is 0 Å². The van der Waals surface area contributed by atoms with E-state index in [9.17, 15) is 18.0 Å². The third-order valence-electron chi connectivity index (χ3n) is 5.94. The minimum Gasteiger partial charge on any atom is -0.477 e. The Hall–Kier alpha value is -2.78. The van der Waals surface area contributed by atoms with Crippen molar-refractivity contribution in [3.63, 3.8) is 0 Å². The summed E-state index contributed by atoms with van der Waals surface area (Å²) in [5, 5.41) is 7.28. The topological polar surface area (TPSA) is 72.3 Å². The SMILES string of the molecule is CCOc1ncccc1C(=O)N1CCC[C@H]([C@@H]2C[C@H](C(F)(F)F)n3nc(C)cc3N2)C1. The number of hydrogen-bond donors (Lipinski definition) is 1. The highest BCUT2D eigenvalue weighted by atomic mass is 19.4. The Morgan fingerprint density at radius 3 is 2.94 bits per heavy atom. The number of hydrogen-bond acceptors (Lipinski definition) is 5. The van der Waals surface area contributed by atoms with E-state index in [2.05, 4.69) is 15.4 Å². The molecule has 4 rings (SSSR count). The lowest BCUT2D eigenvalue weighted by Gasteiger charge is -2.41. The zero-order chi connectivity index (χ0) is 22.2. The largest absolute Gasteiger partial charge is 0.477 e. The molecule has 3 atom stereocenters. The number of fused-ring (bicyclic) bond motifs is 1. The van der Waals surface area contributed by atoms with Gasteiger partial charge in [0.2, 0.25) is 5.88 Å². The van der Waals surface area contributed by atoms with Gasteiger partial charge in [-0.3, -0.25) is 4.79 Å². The molecule has 2 aliphatic rings. The van der Waals surface area contributed by atoms with E-state index < -0.39 is 18.3 Å². The number of nitrogens with one attached hydrogen (secondary N) is 1. The molecule has 2 aliphatic heterocycles. The summed E-state index contributed by atoms with van der Waals surface area (Å²) in [6, 6.07) is 2.92. The Morgan fingerprint density at radius 1 is 1.39 bits per heavy atom. The van der Waals surface area contributed by atoms with E-state index >= 15 is 0 Å². The number of pyridine rings is 1. The maximum Gasteiger partial charge on any atom is 0.410 e. The van der Waals surface area contributed by atoms with E-state index in [1.54, 1.807) is 36.2 Å². The molecule has 0 aliphatic carbocycles. The fourth-order valence-corrected chi connectivity index (χ4v) is 4.53. The molecule has 0 aromatic carbocycles. The second-order valence-corrected chi connectivity index (χ2v) is 8.10. The first kappa shape index (κ1) is 21.5. The average molecular weight is 437 g/mol. The number of likely N-dealkylation sites (tertiary alicyclic amines) is 1. The predicted octanol–water partition coefficient (Wildman–Crippen LogP) is 3.83. The molecule has 1 amide bonds. The van der Waals surface area contributed by atoms with E-state index in [1.807, 2.05) is 6.92 Å². The summed E-state index contributed by atoms with van der Waals surface area (Å²) in [5.74, 6) is 0.360. The second kappa shape index (κ2) is 8.39. The van der Waals surface area contributed by atoms with Gasteiger partial charge in [-0.2, -0.15) is 18.3 Å². The van der Waals surface area contributed by atoms with Crippen molar-refractivity contribution >= 4 is 11.7 Å². The number of piperidine rings is 1.